The topological polar surface area (TPSA) is 178 Å². The Morgan fingerprint density at radius 2 is 1.07 bits per heavy atom. The molecule has 2 fully saturated rings. The summed E-state index contributed by atoms with van der Waals surface area (Å²) >= 11 is 0. The summed E-state index contributed by atoms with van der Waals surface area (Å²) in [6, 6.07) is 14.0. The van der Waals surface area contributed by atoms with Crippen molar-refractivity contribution in [2.75, 3.05) is 48.5 Å². The minimum absolute atomic E-state index is 0.0747. The summed E-state index contributed by atoms with van der Waals surface area (Å²) in [5.41, 5.74) is 0.802. The molecule has 0 radical (unpaired) electrons. The van der Waals surface area contributed by atoms with E-state index in [1.807, 2.05) is 55.5 Å². The highest BCUT2D eigenvalue weighted by molar-refractivity contribution is 5.82. The maximum absolute atomic E-state index is 13.3. The van der Waals surface area contributed by atoms with Crippen LogP contribution in [0.25, 0.3) is 0 Å². The number of methoxy groups -OCH3 is 4. The molecule has 67 heavy (non-hydrogen) atoms. The van der Waals surface area contributed by atoms with Gasteiger partial charge in [-0.1, -0.05) is 43.2 Å². The van der Waals surface area contributed by atoms with E-state index in [2.05, 4.69) is 6.58 Å². The highest BCUT2D eigenvalue weighted by atomic mass is 16.6. The molecule has 0 aliphatic carbocycles. The van der Waals surface area contributed by atoms with Crippen LogP contribution in [-0.2, 0) is 55.6 Å². The number of cyclic esters (lactones) is 2. The van der Waals surface area contributed by atoms with Crippen LogP contribution in [0.2, 0.25) is 0 Å². The highest BCUT2D eigenvalue weighted by Gasteiger charge is 2.40. The summed E-state index contributed by atoms with van der Waals surface area (Å²) in [5, 5.41) is 10.9. The fourth-order valence-electron chi connectivity index (χ4n) is 8.19. The van der Waals surface area contributed by atoms with Crippen LogP contribution in [0.4, 0.5) is 9.59 Å². The van der Waals surface area contributed by atoms with Crippen molar-refractivity contribution in [1.82, 2.24) is 9.80 Å². The van der Waals surface area contributed by atoms with Gasteiger partial charge in [-0.2, -0.15) is 0 Å². The van der Waals surface area contributed by atoms with Gasteiger partial charge in [-0.25, -0.2) is 19.2 Å². The van der Waals surface area contributed by atoms with Crippen molar-refractivity contribution < 1.29 is 66.9 Å². The third kappa shape index (κ3) is 18.6. The second kappa shape index (κ2) is 27.2. The van der Waals surface area contributed by atoms with Crippen molar-refractivity contribution in [2.24, 2.45) is 11.8 Å². The largest absolute Gasteiger partial charge is 0.497 e. The van der Waals surface area contributed by atoms with E-state index in [9.17, 15) is 24.3 Å². The Bertz CT molecular complexity index is 1830. The van der Waals surface area contributed by atoms with Gasteiger partial charge in [-0.3, -0.25) is 9.80 Å². The zero-order valence-corrected chi connectivity index (χ0v) is 41.9. The molecule has 2 aromatic rings. The average Bonchev–Trinajstić information content (AvgIpc) is 3.34. The second-order valence-corrected chi connectivity index (χ2v) is 19.1. The first kappa shape index (κ1) is 56.4. The lowest BCUT2D eigenvalue weighted by atomic mass is 9.86. The molecule has 1 N–H and O–H groups in total. The number of hydrogen-bond acceptors (Lipinski definition) is 14. The molecule has 4 rings (SSSR count). The monoisotopic (exact) mass is 943 g/mol. The van der Waals surface area contributed by atoms with E-state index in [0.29, 0.717) is 45.1 Å². The van der Waals surface area contributed by atoms with Crippen molar-refractivity contribution in [2.45, 2.75) is 154 Å². The maximum Gasteiger partial charge on any atom is 0.412 e. The summed E-state index contributed by atoms with van der Waals surface area (Å²) in [4.78, 5) is 54.4. The minimum Gasteiger partial charge on any atom is -0.497 e. The molecule has 2 aliphatic rings. The lowest BCUT2D eigenvalue weighted by Gasteiger charge is -2.33. The van der Waals surface area contributed by atoms with E-state index < -0.39 is 65.7 Å². The number of aliphatic hydroxyl groups excluding tert-OH is 1. The van der Waals surface area contributed by atoms with Gasteiger partial charge in [0.1, 0.15) is 60.5 Å². The van der Waals surface area contributed by atoms with Gasteiger partial charge in [0.15, 0.2) is 0 Å². The number of carbonyl (C=O) groups excluding carboxylic acids is 4. The molecular weight excluding hydrogens is 865 g/mol. The summed E-state index contributed by atoms with van der Waals surface area (Å²) in [6.07, 6.45) is 3.09. The summed E-state index contributed by atoms with van der Waals surface area (Å²) in [6.45, 7) is 18.1. The fraction of sp³-hybridized carbons (Fsp3) is 0.647. The van der Waals surface area contributed by atoms with Gasteiger partial charge in [-0.05, 0) is 141 Å². The summed E-state index contributed by atoms with van der Waals surface area (Å²) in [7, 11) is 6.19. The van der Waals surface area contributed by atoms with Crippen LogP contribution in [0.1, 0.15) is 105 Å². The molecule has 0 unspecified atom stereocenters. The van der Waals surface area contributed by atoms with Crippen LogP contribution in [0, 0.1) is 11.8 Å². The first-order chi connectivity index (χ1) is 31.6. The van der Waals surface area contributed by atoms with E-state index in [-0.39, 0.29) is 31.4 Å². The number of carbonyl (C=O) groups is 4. The number of esters is 2. The molecule has 376 valence electrons. The van der Waals surface area contributed by atoms with Crippen LogP contribution in [-0.4, -0.2) is 135 Å². The van der Waals surface area contributed by atoms with Crippen LogP contribution in [0.3, 0.4) is 0 Å². The molecular formula is C51H78N2O14. The first-order valence-corrected chi connectivity index (χ1v) is 23.2. The van der Waals surface area contributed by atoms with Crippen molar-refractivity contribution in [3.63, 3.8) is 0 Å². The molecule has 2 heterocycles. The molecule has 16 heteroatoms. The zero-order chi connectivity index (χ0) is 49.9. The Labute approximate surface area is 398 Å². The third-order valence-electron chi connectivity index (χ3n) is 11.4. The van der Waals surface area contributed by atoms with Gasteiger partial charge in [0.25, 0.3) is 0 Å². The lowest BCUT2D eigenvalue weighted by Crippen LogP contribution is -2.49. The van der Waals surface area contributed by atoms with Crippen LogP contribution in [0.15, 0.2) is 61.2 Å². The predicted molar refractivity (Wildman–Crippen MR) is 253 cm³/mol. The van der Waals surface area contributed by atoms with Crippen LogP contribution < -0.4 is 9.47 Å². The normalized spacial score (nSPS) is 23.9. The number of benzene rings is 2. The van der Waals surface area contributed by atoms with E-state index in [0.717, 1.165) is 35.5 Å². The third-order valence-corrected chi connectivity index (χ3v) is 11.4. The number of aliphatic hydroxyl groups is 1. The molecule has 0 bridgehead atoms. The first-order valence-electron chi connectivity index (χ1n) is 23.2. The summed E-state index contributed by atoms with van der Waals surface area (Å²) < 4.78 is 49.5. The van der Waals surface area contributed by atoms with Gasteiger partial charge in [-0.15, -0.1) is 6.58 Å². The standard InChI is InChI=1S/C27H41NO7.C24H37NO7/c1-8-16-33-24-19(2)34-25(29)23(28(18-31-6)26(30)35-27(3,4)5)11-9-10-21(24)17-20-12-14-22(32-7)15-13-20;1-16-21(26)18(14-17-10-12-19(30-6)13-11-17)8-7-9-20(22(27)31-16)25(15-29-5)23(28)32-24(2,3)4/h8,12-15,19,21,23-24H,1,9-11,16-18H2,2-7H3;10-13,16,18,20-21,26H,7-9,14-15H2,1-6H3/t19-,21+,23-,24-;16-,18+,20-,21-/m00/s1. The van der Waals surface area contributed by atoms with Crippen molar-refractivity contribution in [3.05, 3.63) is 72.3 Å². The molecule has 16 nitrogen and oxygen atoms in total. The Morgan fingerprint density at radius 3 is 1.46 bits per heavy atom. The molecule has 0 aromatic heterocycles. The van der Waals surface area contributed by atoms with Crippen molar-refractivity contribution >= 4 is 24.1 Å². The molecule has 2 saturated heterocycles. The number of nitrogens with zero attached hydrogens (tertiary/aromatic N) is 2. The Hall–Kier alpha value is -4.90. The molecule has 2 aromatic carbocycles. The second-order valence-electron chi connectivity index (χ2n) is 19.1. The fourth-order valence-corrected chi connectivity index (χ4v) is 8.19. The van der Waals surface area contributed by atoms with Gasteiger partial charge in [0.2, 0.25) is 0 Å². The Kier molecular flexibility index (Phi) is 22.9. The quantitative estimate of drug-likeness (QED) is 0.0781. The molecule has 0 saturated carbocycles. The van der Waals surface area contributed by atoms with Gasteiger partial charge < -0.3 is 47.7 Å². The molecule has 2 aliphatic heterocycles. The highest BCUT2D eigenvalue weighted by Crippen LogP contribution is 2.31. The van der Waals surface area contributed by atoms with Gasteiger partial charge in [0, 0.05) is 14.2 Å². The predicted octanol–water partition coefficient (Wildman–Crippen LogP) is 8.29. The van der Waals surface area contributed by atoms with E-state index >= 15 is 0 Å². The smallest absolute Gasteiger partial charge is 0.412 e. The number of rotatable bonds is 15. The Balaban J connectivity index is 0.000000357. The molecule has 0 spiro atoms. The minimum atomic E-state index is -0.848. The van der Waals surface area contributed by atoms with Crippen LogP contribution in [0.5, 0.6) is 11.5 Å². The molecule has 2 amide bonds. The number of ether oxygens (including phenoxy) is 9. The van der Waals surface area contributed by atoms with E-state index in [1.54, 1.807) is 68.8 Å². The van der Waals surface area contributed by atoms with Crippen molar-refractivity contribution in [1.29, 1.82) is 0 Å². The number of hydrogen-bond donors (Lipinski definition) is 1. The summed E-state index contributed by atoms with van der Waals surface area (Å²) in [5.74, 6) is 0.523. The van der Waals surface area contributed by atoms with E-state index in [4.69, 9.17) is 42.6 Å². The van der Waals surface area contributed by atoms with Gasteiger partial charge >= 0.3 is 24.1 Å². The lowest BCUT2D eigenvalue weighted by molar-refractivity contribution is -0.165. The Morgan fingerprint density at radius 1 is 0.672 bits per heavy atom. The maximum atomic E-state index is 13.3. The van der Waals surface area contributed by atoms with E-state index in [1.165, 1.54) is 24.0 Å². The SMILES string of the molecule is C=CCO[C@@H]1[C@@H](Cc2ccc(OC)cc2)CCC[C@H](N(COC)C(=O)OC(C)(C)C)C(=O)O[C@H]1C.COCN(C(=O)OC(C)(C)C)[C@H]1CCC[C@H](Cc2ccc(OC)cc2)[C@@H](O)[C@H](C)OC1=O. The zero-order valence-electron chi connectivity index (χ0n) is 41.9. The van der Waals surface area contributed by atoms with Crippen LogP contribution >= 0.6 is 0 Å². The number of amides is 2. The average molecular weight is 943 g/mol. The van der Waals surface area contributed by atoms with Gasteiger partial charge in [0.05, 0.1) is 33.0 Å². The molecule has 8 atom stereocenters. The van der Waals surface area contributed by atoms with Crippen molar-refractivity contribution in [3.8, 4) is 11.5 Å².